The smallest absolute Gasteiger partial charge is 0.239 e. The third kappa shape index (κ3) is 3.71. The summed E-state index contributed by atoms with van der Waals surface area (Å²) in [6.07, 6.45) is 4.92. The quantitative estimate of drug-likeness (QED) is 0.810. The fourth-order valence-corrected chi connectivity index (χ4v) is 2.84. The maximum Gasteiger partial charge on any atom is 0.239 e. The minimum absolute atomic E-state index is 0.258. The predicted octanol–water partition coefficient (Wildman–Crippen LogP) is 3.00. The Hall–Kier alpha value is -0.550. The van der Waals surface area contributed by atoms with Gasteiger partial charge in [-0.3, -0.25) is 0 Å². The minimum Gasteiger partial charge on any atom is -0.377 e. The van der Waals surface area contributed by atoms with Gasteiger partial charge in [-0.2, -0.15) is 4.98 Å². The maximum absolute atomic E-state index is 5.70. The maximum atomic E-state index is 5.70. The third-order valence-corrected chi connectivity index (χ3v) is 4.22. The van der Waals surface area contributed by atoms with Crippen LogP contribution in [0, 0.1) is 0 Å². The highest BCUT2D eigenvalue weighted by Crippen LogP contribution is 2.29. The molecule has 96 valence electrons. The molecule has 2 atom stereocenters. The van der Waals surface area contributed by atoms with Crippen LogP contribution >= 0.6 is 11.8 Å². The Kier molecular flexibility index (Phi) is 4.86. The first-order valence-corrected chi connectivity index (χ1v) is 7.40. The highest BCUT2D eigenvalue weighted by atomic mass is 32.2. The molecule has 5 heteroatoms. The van der Waals surface area contributed by atoms with Crippen molar-refractivity contribution in [3.63, 3.8) is 0 Å². The van der Waals surface area contributed by atoms with Crippen molar-refractivity contribution < 1.29 is 9.26 Å². The number of rotatable bonds is 5. The molecule has 1 fully saturated rings. The van der Waals surface area contributed by atoms with Crippen LogP contribution in [0.25, 0.3) is 0 Å². The number of aromatic nitrogens is 2. The Morgan fingerprint density at radius 3 is 3.00 bits per heavy atom. The molecule has 1 aromatic heterocycles. The summed E-state index contributed by atoms with van der Waals surface area (Å²) in [6.45, 7) is 5.06. The van der Waals surface area contributed by atoms with Crippen LogP contribution in [0.4, 0.5) is 0 Å². The predicted molar refractivity (Wildman–Crippen MR) is 68.1 cm³/mol. The van der Waals surface area contributed by atoms with Gasteiger partial charge in [-0.15, -0.1) is 11.8 Å². The molecule has 17 heavy (non-hydrogen) atoms. The molecule has 1 aromatic rings. The topological polar surface area (TPSA) is 48.2 Å². The van der Waals surface area contributed by atoms with Crippen LogP contribution in [0.3, 0.4) is 0 Å². The van der Waals surface area contributed by atoms with Crippen LogP contribution in [-0.4, -0.2) is 28.6 Å². The zero-order valence-electron chi connectivity index (χ0n) is 10.5. The number of nitrogens with zero attached hydrogens (tertiary/aromatic N) is 2. The Bertz CT molecular complexity index is 337. The Morgan fingerprint density at radius 1 is 1.47 bits per heavy atom. The molecule has 4 nitrogen and oxygen atoms in total. The summed E-state index contributed by atoms with van der Waals surface area (Å²) in [5, 5.41) is 4.18. The number of ether oxygens (including phenoxy) is 1. The SMILES string of the molecule is CCc1noc([C@@H](C)SC[C@H]2CCCCO2)n1. The van der Waals surface area contributed by atoms with Crippen molar-refractivity contribution in [1.82, 2.24) is 10.1 Å². The second-order valence-electron chi connectivity index (χ2n) is 4.37. The van der Waals surface area contributed by atoms with Crippen LogP contribution in [0.2, 0.25) is 0 Å². The van der Waals surface area contributed by atoms with Gasteiger partial charge in [0.25, 0.3) is 0 Å². The van der Waals surface area contributed by atoms with Crippen molar-refractivity contribution >= 4 is 11.8 Å². The summed E-state index contributed by atoms with van der Waals surface area (Å²) in [6, 6.07) is 0. The van der Waals surface area contributed by atoms with E-state index in [0.717, 1.165) is 30.5 Å². The van der Waals surface area contributed by atoms with E-state index >= 15 is 0 Å². The summed E-state index contributed by atoms with van der Waals surface area (Å²) >= 11 is 1.84. The minimum atomic E-state index is 0.258. The molecule has 1 aliphatic heterocycles. The lowest BCUT2D eigenvalue weighted by atomic mass is 10.1. The van der Waals surface area contributed by atoms with Gasteiger partial charge >= 0.3 is 0 Å². The first kappa shape index (κ1) is 12.9. The molecule has 0 saturated carbocycles. The van der Waals surface area contributed by atoms with E-state index in [1.807, 2.05) is 18.7 Å². The van der Waals surface area contributed by atoms with Crippen molar-refractivity contribution in [3.05, 3.63) is 11.7 Å². The highest BCUT2D eigenvalue weighted by Gasteiger charge is 2.19. The van der Waals surface area contributed by atoms with E-state index in [4.69, 9.17) is 9.26 Å². The van der Waals surface area contributed by atoms with Crippen molar-refractivity contribution in [2.75, 3.05) is 12.4 Å². The van der Waals surface area contributed by atoms with Gasteiger partial charge in [-0.25, -0.2) is 0 Å². The summed E-state index contributed by atoms with van der Waals surface area (Å²) in [4.78, 5) is 4.35. The zero-order valence-corrected chi connectivity index (χ0v) is 11.3. The van der Waals surface area contributed by atoms with Gasteiger partial charge in [0, 0.05) is 18.8 Å². The van der Waals surface area contributed by atoms with E-state index in [9.17, 15) is 0 Å². The summed E-state index contributed by atoms with van der Waals surface area (Å²) in [7, 11) is 0. The first-order chi connectivity index (χ1) is 8.29. The lowest BCUT2D eigenvalue weighted by molar-refractivity contribution is 0.0315. The molecule has 1 aliphatic rings. The van der Waals surface area contributed by atoms with E-state index in [2.05, 4.69) is 17.1 Å². The van der Waals surface area contributed by atoms with Crippen LogP contribution < -0.4 is 0 Å². The first-order valence-electron chi connectivity index (χ1n) is 6.35. The average molecular weight is 256 g/mol. The molecule has 0 unspecified atom stereocenters. The molecule has 0 amide bonds. The molecule has 1 saturated heterocycles. The molecular formula is C12H20N2O2S. The number of thioether (sulfide) groups is 1. The van der Waals surface area contributed by atoms with E-state index in [0.29, 0.717) is 6.10 Å². The van der Waals surface area contributed by atoms with Gasteiger partial charge in [0.1, 0.15) is 0 Å². The van der Waals surface area contributed by atoms with Crippen molar-refractivity contribution in [2.45, 2.75) is 50.9 Å². The normalized spacial score (nSPS) is 22.6. The Morgan fingerprint density at radius 2 is 2.35 bits per heavy atom. The van der Waals surface area contributed by atoms with Gasteiger partial charge in [0.15, 0.2) is 5.82 Å². The summed E-state index contributed by atoms with van der Waals surface area (Å²) < 4.78 is 10.9. The molecule has 0 aliphatic carbocycles. The lowest BCUT2D eigenvalue weighted by Gasteiger charge is -2.22. The van der Waals surface area contributed by atoms with E-state index in [1.54, 1.807) is 0 Å². The lowest BCUT2D eigenvalue weighted by Crippen LogP contribution is -2.21. The van der Waals surface area contributed by atoms with E-state index in [-0.39, 0.29) is 5.25 Å². The molecule has 0 aromatic carbocycles. The number of hydrogen-bond acceptors (Lipinski definition) is 5. The standard InChI is InChI=1S/C12H20N2O2S/c1-3-11-13-12(16-14-11)9(2)17-8-10-6-4-5-7-15-10/h9-10H,3-8H2,1-2H3/t9-,10-/m1/s1. The van der Waals surface area contributed by atoms with Crippen molar-refractivity contribution in [2.24, 2.45) is 0 Å². The molecule has 2 rings (SSSR count). The largest absolute Gasteiger partial charge is 0.377 e. The van der Waals surface area contributed by atoms with Gasteiger partial charge < -0.3 is 9.26 Å². The molecule has 0 spiro atoms. The molecule has 0 radical (unpaired) electrons. The van der Waals surface area contributed by atoms with Crippen molar-refractivity contribution in [1.29, 1.82) is 0 Å². The van der Waals surface area contributed by atoms with Crippen LogP contribution in [0.15, 0.2) is 4.52 Å². The van der Waals surface area contributed by atoms with Gasteiger partial charge in [-0.05, 0) is 26.2 Å². The van der Waals surface area contributed by atoms with Crippen molar-refractivity contribution in [3.8, 4) is 0 Å². The summed E-state index contributed by atoms with van der Waals surface area (Å²) in [5.74, 6) is 2.55. The van der Waals surface area contributed by atoms with E-state index < -0.39 is 0 Å². The molecule has 2 heterocycles. The fourth-order valence-electron chi connectivity index (χ4n) is 1.84. The van der Waals surface area contributed by atoms with Gasteiger partial charge in [0.05, 0.1) is 11.4 Å². The summed E-state index contributed by atoms with van der Waals surface area (Å²) in [5.41, 5.74) is 0. The second-order valence-corrected chi connectivity index (χ2v) is 5.74. The van der Waals surface area contributed by atoms with Gasteiger partial charge in [0.2, 0.25) is 5.89 Å². The van der Waals surface area contributed by atoms with E-state index in [1.165, 1.54) is 19.3 Å². The number of aryl methyl sites for hydroxylation is 1. The molecular weight excluding hydrogens is 236 g/mol. The van der Waals surface area contributed by atoms with Crippen LogP contribution in [0.5, 0.6) is 0 Å². The van der Waals surface area contributed by atoms with Gasteiger partial charge in [-0.1, -0.05) is 12.1 Å². The Labute approximate surface area is 106 Å². The zero-order chi connectivity index (χ0) is 12.1. The highest BCUT2D eigenvalue weighted by molar-refractivity contribution is 7.99. The third-order valence-electron chi connectivity index (χ3n) is 2.95. The van der Waals surface area contributed by atoms with Crippen LogP contribution in [0.1, 0.15) is 50.1 Å². The van der Waals surface area contributed by atoms with Crippen LogP contribution in [-0.2, 0) is 11.2 Å². The monoisotopic (exact) mass is 256 g/mol. The molecule has 0 bridgehead atoms. The fraction of sp³-hybridized carbons (Fsp3) is 0.833. The average Bonchev–Trinajstić information content (AvgIpc) is 2.86. The Balaban J connectivity index is 1.77. The second kappa shape index (κ2) is 6.40. The molecule has 0 N–H and O–H groups in total. The number of hydrogen-bond donors (Lipinski definition) is 0.